The highest BCUT2D eigenvalue weighted by atomic mass is 19.4. The lowest BCUT2D eigenvalue weighted by Crippen LogP contribution is -2.54. The van der Waals surface area contributed by atoms with E-state index in [2.05, 4.69) is 36.3 Å². The zero-order valence-electron chi connectivity index (χ0n) is 26.1. The van der Waals surface area contributed by atoms with Crippen molar-refractivity contribution in [2.75, 3.05) is 26.2 Å². The number of hydrogen-bond acceptors (Lipinski definition) is 6. The molecule has 0 spiro atoms. The average molecular weight is 630 g/mol. The van der Waals surface area contributed by atoms with Gasteiger partial charge in [-0.15, -0.1) is 0 Å². The highest BCUT2D eigenvalue weighted by molar-refractivity contribution is 6.08. The van der Waals surface area contributed by atoms with Gasteiger partial charge in [0.15, 0.2) is 0 Å². The fourth-order valence-corrected chi connectivity index (χ4v) is 5.88. The molecule has 1 saturated heterocycles. The van der Waals surface area contributed by atoms with E-state index in [1.165, 1.54) is 32.0 Å². The minimum absolute atomic E-state index is 0.0112. The predicted molar refractivity (Wildman–Crippen MR) is 162 cm³/mol. The van der Waals surface area contributed by atoms with Crippen LogP contribution in [0.25, 0.3) is 21.9 Å². The van der Waals surface area contributed by atoms with E-state index in [1.807, 2.05) is 6.07 Å². The molecule has 45 heavy (non-hydrogen) atoms. The quantitative estimate of drug-likeness (QED) is 0.296. The number of nitrogens with zero attached hydrogens (tertiary/aromatic N) is 3. The third-order valence-corrected chi connectivity index (χ3v) is 8.62. The van der Waals surface area contributed by atoms with Crippen LogP contribution in [-0.2, 0) is 4.79 Å². The van der Waals surface area contributed by atoms with Gasteiger partial charge in [0.25, 0.3) is 5.91 Å². The summed E-state index contributed by atoms with van der Waals surface area (Å²) in [6, 6.07) is 7.11. The van der Waals surface area contributed by atoms with Crippen LogP contribution < -0.4 is 10.6 Å². The molecular formula is C33H39F4N5O3. The molecule has 8 nitrogen and oxygen atoms in total. The van der Waals surface area contributed by atoms with E-state index in [1.54, 1.807) is 23.1 Å². The lowest BCUT2D eigenvalue weighted by atomic mass is 9.96. The number of furan rings is 1. The molecule has 3 aromatic rings. The van der Waals surface area contributed by atoms with Crippen LogP contribution in [0.1, 0.15) is 75.8 Å². The van der Waals surface area contributed by atoms with Gasteiger partial charge in [-0.2, -0.15) is 18.4 Å². The van der Waals surface area contributed by atoms with Gasteiger partial charge in [-0.1, -0.05) is 12.1 Å². The molecule has 2 aromatic carbocycles. The number of nitrogens with one attached hydrogen (secondary N) is 2. The molecule has 2 fully saturated rings. The summed E-state index contributed by atoms with van der Waals surface area (Å²) in [5.41, 5.74) is -2.26. The normalized spacial score (nSPS) is 18.9. The Balaban J connectivity index is 1.41. The number of alkyl halides is 4. The number of amides is 2. The molecule has 0 unspecified atom stereocenters. The molecule has 2 heterocycles. The van der Waals surface area contributed by atoms with Crippen LogP contribution in [0.4, 0.5) is 17.6 Å². The van der Waals surface area contributed by atoms with Gasteiger partial charge in [0.05, 0.1) is 12.1 Å². The zero-order valence-corrected chi connectivity index (χ0v) is 26.1. The Morgan fingerprint density at radius 1 is 0.956 bits per heavy atom. The van der Waals surface area contributed by atoms with Gasteiger partial charge >= 0.3 is 6.18 Å². The lowest BCUT2D eigenvalue weighted by Gasteiger charge is -2.42. The smallest absolute Gasteiger partial charge is 0.407 e. The highest BCUT2D eigenvalue weighted by Crippen LogP contribution is 2.39. The molecule has 2 atom stereocenters. The first-order chi connectivity index (χ1) is 20.9. The Morgan fingerprint density at radius 2 is 1.62 bits per heavy atom. The average Bonchev–Trinajstić information content (AvgIpc) is 3.63. The van der Waals surface area contributed by atoms with Crippen molar-refractivity contribution in [2.45, 2.75) is 88.9 Å². The molecule has 12 heteroatoms. The van der Waals surface area contributed by atoms with E-state index in [9.17, 15) is 32.4 Å². The molecule has 0 radical (unpaired) electrons. The molecule has 2 N–H and O–H groups in total. The van der Waals surface area contributed by atoms with Gasteiger partial charge in [0, 0.05) is 54.5 Å². The Labute approximate surface area is 259 Å². The first-order valence-corrected chi connectivity index (χ1v) is 15.1. The van der Waals surface area contributed by atoms with Crippen molar-refractivity contribution in [1.29, 1.82) is 5.26 Å². The first-order valence-electron chi connectivity index (χ1n) is 15.1. The van der Waals surface area contributed by atoms with Crippen LogP contribution in [0.5, 0.6) is 0 Å². The molecule has 1 saturated carbocycles. The van der Waals surface area contributed by atoms with Gasteiger partial charge in [0.1, 0.15) is 28.4 Å². The maximum absolute atomic E-state index is 14.7. The standard InChI is InChI=1S/C33H39F4N5O3/c1-30(2,3)42-14-12-41(13-15-42)29(44)21-7-9-25-23(16-21)22-8-6-20(17-26(22)45-25)27(33(35,36)37)39-24(18-31(4,5)34)28(43)40-32(19-38)10-11-32/h6-9,16-17,24,27,39H,10-15,18H2,1-5H3,(H,40,43)/t24-,27-/m0/s1. The predicted octanol–water partition coefficient (Wildman–Crippen LogP) is 6.01. The van der Waals surface area contributed by atoms with E-state index in [4.69, 9.17) is 4.42 Å². The monoisotopic (exact) mass is 629 g/mol. The Morgan fingerprint density at radius 3 is 2.18 bits per heavy atom. The van der Waals surface area contributed by atoms with E-state index in [0.717, 1.165) is 13.1 Å². The lowest BCUT2D eigenvalue weighted by molar-refractivity contribution is -0.161. The van der Waals surface area contributed by atoms with Gasteiger partial charge < -0.3 is 14.6 Å². The maximum Gasteiger partial charge on any atom is 0.407 e. The fraction of sp³-hybridized carbons (Fsp3) is 0.545. The number of carbonyl (C=O) groups is 2. The van der Waals surface area contributed by atoms with Gasteiger partial charge in [-0.25, -0.2) is 4.39 Å². The topological polar surface area (TPSA) is 102 Å². The third kappa shape index (κ3) is 7.25. The largest absolute Gasteiger partial charge is 0.456 e. The second-order valence-electron chi connectivity index (χ2n) is 13.8. The van der Waals surface area contributed by atoms with Gasteiger partial charge in [-0.05, 0) is 77.3 Å². The molecular weight excluding hydrogens is 590 g/mol. The molecule has 0 bridgehead atoms. The second kappa shape index (κ2) is 11.6. The van der Waals surface area contributed by atoms with Crippen LogP contribution in [0.3, 0.4) is 0 Å². The van der Waals surface area contributed by atoms with Crippen LogP contribution in [-0.4, -0.2) is 76.8 Å². The minimum Gasteiger partial charge on any atom is -0.456 e. The number of hydrogen-bond donors (Lipinski definition) is 2. The van der Waals surface area contributed by atoms with Crippen molar-refractivity contribution >= 4 is 33.8 Å². The van der Waals surface area contributed by atoms with Crippen molar-refractivity contribution in [1.82, 2.24) is 20.4 Å². The summed E-state index contributed by atoms with van der Waals surface area (Å²) in [4.78, 5) is 30.5. The summed E-state index contributed by atoms with van der Waals surface area (Å²) < 4.78 is 64.0. The molecule has 1 aliphatic carbocycles. The summed E-state index contributed by atoms with van der Waals surface area (Å²) >= 11 is 0. The van der Waals surface area contributed by atoms with Gasteiger partial charge in [-0.3, -0.25) is 19.8 Å². The summed E-state index contributed by atoms with van der Waals surface area (Å²) in [7, 11) is 0. The number of fused-ring (bicyclic) bond motifs is 3. The van der Waals surface area contributed by atoms with Gasteiger partial charge in [0.2, 0.25) is 5.91 Å². The summed E-state index contributed by atoms with van der Waals surface area (Å²) in [6.45, 7) is 11.5. The minimum atomic E-state index is -4.85. The van der Waals surface area contributed by atoms with Crippen LogP contribution in [0.2, 0.25) is 0 Å². The number of rotatable bonds is 8. The number of nitriles is 1. The fourth-order valence-electron chi connectivity index (χ4n) is 5.88. The van der Waals surface area contributed by atoms with Crippen LogP contribution >= 0.6 is 0 Å². The molecule has 1 aliphatic heterocycles. The number of halogens is 4. The zero-order chi connectivity index (χ0) is 32.9. The summed E-state index contributed by atoms with van der Waals surface area (Å²) in [5, 5.41) is 15.3. The van der Waals surface area contributed by atoms with E-state index >= 15 is 0 Å². The van der Waals surface area contributed by atoms with Crippen molar-refractivity contribution in [3.05, 3.63) is 47.5 Å². The molecule has 2 amide bonds. The third-order valence-electron chi connectivity index (χ3n) is 8.62. The summed E-state index contributed by atoms with van der Waals surface area (Å²) in [6.07, 6.45) is -4.62. The maximum atomic E-state index is 14.7. The highest BCUT2D eigenvalue weighted by Gasteiger charge is 2.48. The van der Waals surface area contributed by atoms with E-state index in [-0.39, 0.29) is 22.6 Å². The second-order valence-corrected chi connectivity index (χ2v) is 13.8. The van der Waals surface area contributed by atoms with Crippen molar-refractivity contribution in [3.63, 3.8) is 0 Å². The summed E-state index contributed by atoms with van der Waals surface area (Å²) in [5.74, 6) is -0.988. The number of benzene rings is 2. The van der Waals surface area contributed by atoms with Crippen molar-refractivity contribution in [2.24, 2.45) is 0 Å². The van der Waals surface area contributed by atoms with Crippen LogP contribution in [0, 0.1) is 11.3 Å². The first kappa shape index (κ1) is 32.7. The molecule has 1 aromatic heterocycles. The number of piperazine rings is 1. The molecule has 242 valence electrons. The molecule has 2 aliphatic rings. The van der Waals surface area contributed by atoms with E-state index in [0.29, 0.717) is 47.9 Å². The van der Waals surface area contributed by atoms with E-state index < -0.39 is 41.8 Å². The SMILES string of the molecule is CC(C)(F)C[C@H](N[C@@H](c1ccc2c(c1)oc1ccc(C(=O)N3CCN(C(C)(C)C)CC3)cc12)C(F)(F)F)C(=O)NC1(C#N)CC1. The Kier molecular flexibility index (Phi) is 8.42. The Bertz CT molecular complexity index is 1630. The molecule has 5 rings (SSSR count). The van der Waals surface area contributed by atoms with Crippen LogP contribution in [0.15, 0.2) is 40.8 Å². The van der Waals surface area contributed by atoms with Crippen molar-refractivity contribution in [3.8, 4) is 6.07 Å². The van der Waals surface area contributed by atoms with Crippen molar-refractivity contribution < 1.29 is 31.6 Å². The Hall–Kier alpha value is -3.69. The number of carbonyl (C=O) groups excluding carboxylic acids is 2.